The molecule has 0 saturated heterocycles. The summed E-state index contributed by atoms with van der Waals surface area (Å²) in [7, 11) is 0. The molecule has 0 atom stereocenters. The van der Waals surface area contributed by atoms with Gasteiger partial charge in [-0.05, 0) is 31.2 Å². The summed E-state index contributed by atoms with van der Waals surface area (Å²) in [6.07, 6.45) is -1.79. The SMILES string of the molecule is C=CCN(CC=C)Cc1c(O)ccc2c(=O)c(Oc3ccc(C)cc3)c(C(F)(F)F)oc12. The van der Waals surface area contributed by atoms with Crippen molar-refractivity contribution in [1.82, 2.24) is 4.90 Å². The number of halogens is 3. The number of alkyl halides is 3. The highest BCUT2D eigenvalue weighted by molar-refractivity contribution is 5.83. The second kappa shape index (κ2) is 9.32. The molecule has 168 valence electrons. The Balaban J connectivity index is 2.22. The average Bonchev–Trinajstić information content (AvgIpc) is 2.73. The molecule has 2 aromatic carbocycles. The van der Waals surface area contributed by atoms with Crippen LogP contribution >= 0.6 is 0 Å². The molecule has 0 aliphatic rings. The number of aryl methyl sites for hydroxylation is 1. The summed E-state index contributed by atoms with van der Waals surface area (Å²) in [6, 6.07) is 8.68. The molecule has 3 aromatic rings. The zero-order valence-electron chi connectivity index (χ0n) is 17.4. The summed E-state index contributed by atoms with van der Waals surface area (Å²) in [5.74, 6) is -2.75. The van der Waals surface area contributed by atoms with Crippen LogP contribution in [0.3, 0.4) is 0 Å². The van der Waals surface area contributed by atoms with Crippen molar-refractivity contribution in [2.75, 3.05) is 13.1 Å². The summed E-state index contributed by atoms with van der Waals surface area (Å²) < 4.78 is 52.1. The Labute approximate surface area is 182 Å². The molecule has 32 heavy (non-hydrogen) atoms. The third kappa shape index (κ3) is 4.86. The van der Waals surface area contributed by atoms with E-state index in [-0.39, 0.29) is 34.6 Å². The third-order valence-corrected chi connectivity index (χ3v) is 4.75. The van der Waals surface area contributed by atoms with Gasteiger partial charge in [0.25, 0.3) is 5.76 Å². The third-order valence-electron chi connectivity index (χ3n) is 4.75. The smallest absolute Gasteiger partial charge is 0.453 e. The molecule has 0 spiro atoms. The highest BCUT2D eigenvalue weighted by Gasteiger charge is 2.41. The lowest BCUT2D eigenvalue weighted by atomic mass is 10.1. The largest absolute Gasteiger partial charge is 0.507 e. The predicted molar refractivity (Wildman–Crippen MR) is 116 cm³/mol. The van der Waals surface area contributed by atoms with Crippen molar-refractivity contribution in [3.63, 3.8) is 0 Å². The number of nitrogens with zero attached hydrogens (tertiary/aromatic N) is 1. The van der Waals surface area contributed by atoms with Gasteiger partial charge in [-0.3, -0.25) is 9.69 Å². The first kappa shape index (κ1) is 23.1. The van der Waals surface area contributed by atoms with E-state index >= 15 is 0 Å². The van der Waals surface area contributed by atoms with Crippen LogP contribution in [0.4, 0.5) is 13.2 Å². The van der Waals surface area contributed by atoms with E-state index in [9.17, 15) is 23.1 Å². The van der Waals surface area contributed by atoms with Gasteiger partial charge in [0.1, 0.15) is 17.1 Å². The Bertz CT molecular complexity index is 1190. The Morgan fingerprint density at radius 1 is 1.09 bits per heavy atom. The highest BCUT2D eigenvalue weighted by atomic mass is 19.4. The predicted octanol–water partition coefficient (Wildman–Crippen LogP) is 5.79. The summed E-state index contributed by atoms with van der Waals surface area (Å²) >= 11 is 0. The van der Waals surface area contributed by atoms with Crippen molar-refractivity contribution < 1.29 is 27.4 Å². The normalized spacial score (nSPS) is 11.7. The molecular formula is C24H22F3NO4. The van der Waals surface area contributed by atoms with E-state index in [0.29, 0.717) is 13.1 Å². The van der Waals surface area contributed by atoms with E-state index in [1.807, 2.05) is 6.92 Å². The van der Waals surface area contributed by atoms with Crippen molar-refractivity contribution in [1.29, 1.82) is 0 Å². The van der Waals surface area contributed by atoms with Gasteiger partial charge in [0.2, 0.25) is 11.2 Å². The second-order valence-electron chi connectivity index (χ2n) is 7.21. The lowest BCUT2D eigenvalue weighted by molar-refractivity contribution is -0.154. The van der Waals surface area contributed by atoms with Crippen LogP contribution in [-0.2, 0) is 12.7 Å². The van der Waals surface area contributed by atoms with Crippen LogP contribution in [0, 0.1) is 6.92 Å². The highest BCUT2D eigenvalue weighted by Crippen LogP contribution is 2.40. The molecule has 0 radical (unpaired) electrons. The number of fused-ring (bicyclic) bond motifs is 1. The van der Waals surface area contributed by atoms with Crippen molar-refractivity contribution in [2.24, 2.45) is 0 Å². The van der Waals surface area contributed by atoms with E-state index in [2.05, 4.69) is 13.2 Å². The van der Waals surface area contributed by atoms with Gasteiger partial charge in [-0.2, -0.15) is 13.2 Å². The first-order valence-corrected chi connectivity index (χ1v) is 9.73. The van der Waals surface area contributed by atoms with Gasteiger partial charge >= 0.3 is 6.18 Å². The van der Waals surface area contributed by atoms with E-state index < -0.39 is 23.1 Å². The Kier molecular flexibility index (Phi) is 6.74. The molecule has 0 saturated carbocycles. The number of benzene rings is 2. The Morgan fingerprint density at radius 3 is 2.28 bits per heavy atom. The summed E-state index contributed by atoms with van der Waals surface area (Å²) in [4.78, 5) is 14.8. The minimum absolute atomic E-state index is 0.0135. The van der Waals surface area contributed by atoms with E-state index in [0.717, 1.165) is 5.56 Å². The minimum Gasteiger partial charge on any atom is -0.507 e. The number of hydrogen-bond donors (Lipinski definition) is 1. The van der Waals surface area contributed by atoms with E-state index in [1.165, 1.54) is 24.3 Å². The fourth-order valence-corrected chi connectivity index (χ4v) is 3.24. The first-order valence-electron chi connectivity index (χ1n) is 9.73. The number of aromatic hydroxyl groups is 1. The maximum atomic E-state index is 13.8. The van der Waals surface area contributed by atoms with Gasteiger partial charge in [-0.15, -0.1) is 13.2 Å². The number of rotatable bonds is 8. The van der Waals surface area contributed by atoms with Crippen LogP contribution in [0.25, 0.3) is 11.0 Å². The quantitative estimate of drug-likeness (QED) is 0.445. The Morgan fingerprint density at radius 2 is 1.72 bits per heavy atom. The van der Waals surface area contributed by atoms with Gasteiger partial charge < -0.3 is 14.3 Å². The van der Waals surface area contributed by atoms with Crippen molar-refractivity contribution in [3.8, 4) is 17.2 Å². The number of phenols is 1. The first-order chi connectivity index (χ1) is 15.2. The van der Waals surface area contributed by atoms with Gasteiger partial charge in [0, 0.05) is 19.6 Å². The van der Waals surface area contributed by atoms with Crippen LogP contribution in [0.1, 0.15) is 16.9 Å². The molecule has 1 aromatic heterocycles. The molecular weight excluding hydrogens is 423 g/mol. The average molecular weight is 445 g/mol. The van der Waals surface area contributed by atoms with Crippen LogP contribution in [-0.4, -0.2) is 23.1 Å². The second-order valence-corrected chi connectivity index (χ2v) is 7.21. The zero-order chi connectivity index (χ0) is 23.5. The monoisotopic (exact) mass is 445 g/mol. The molecule has 1 N–H and O–H groups in total. The van der Waals surface area contributed by atoms with Crippen molar-refractivity contribution in [3.05, 3.63) is 88.8 Å². The van der Waals surface area contributed by atoms with Crippen LogP contribution in [0.5, 0.6) is 17.2 Å². The lowest BCUT2D eigenvalue weighted by Crippen LogP contribution is -2.24. The van der Waals surface area contributed by atoms with Crippen LogP contribution in [0.2, 0.25) is 0 Å². The van der Waals surface area contributed by atoms with E-state index in [1.54, 1.807) is 29.2 Å². The maximum Gasteiger partial charge on any atom is 0.453 e. The number of phenolic OH excluding ortho intramolecular Hbond substituents is 1. The molecule has 0 unspecified atom stereocenters. The molecule has 0 aliphatic heterocycles. The fourth-order valence-electron chi connectivity index (χ4n) is 3.24. The van der Waals surface area contributed by atoms with Gasteiger partial charge in [-0.25, -0.2) is 0 Å². The van der Waals surface area contributed by atoms with E-state index in [4.69, 9.17) is 9.15 Å². The van der Waals surface area contributed by atoms with Crippen LogP contribution < -0.4 is 10.2 Å². The molecule has 5 nitrogen and oxygen atoms in total. The molecule has 0 bridgehead atoms. The standard InChI is InChI=1S/C24H22F3NO4/c1-4-12-28(13-5-2)14-18-19(29)11-10-17-20(30)22(23(24(25,26)27)32-21(17)18)31-16-8-6-15(3)7-9-16/h4-11,29H,1-2,12-14H2,3H3. The molecule has 0 fully saturated rings. The Hall–Kier alpha value is -3.52. The van der Waals surface area contributed by atoms with Crippen LogP contribution in [0.15, 0.2) is 70.9 Å². The zero-order valence-corrected chi connectivity index (χ0v) is 17.4. The van der Waals surface area contributed by atoms with Gasteiger partial charge in [0.15, 0.2) is 0 Å². The summed E-state index contributed by atoms with van der Waals surface area (Å²) in [5, 5.41) is 10.2. The lowest BCUT2D eigenvalue weighted by Gasteiger charge is -2.21. The molecule has 3 rings (SSSR count). The summed E-state index contributed by atoms with van der Waals surface area (Å²) in [5.41, 5.74) is -0.408. The van der Waals surface area contributed by atoms with Crippen molar-refractivity contribution in [2.45, 2.75) is 19.6 Å². The number of ether oxygens (including phenoxy) is 1. The van der Waals surface area contributed by atoms with Gasteiger partial charge in [-0.1, -0.05) is 29.8 Å². The molecule has 1 heterocycles. The van der Waals surface area contributed by atoms with Gasteiger partial charge in [0.05, 0.1) is 10.9 Å². The molecule has 0 aliphatic carbocycles. The fraction of sp³-hybridized carbons (Fsp3) is 0.208. The summed E-state index contributed by atoms with van der Waals surface area (Å²) in [6.45, 7) is 9.89. The van der Waals surface area contributed by atoms with Crippen molar-refractivity contribution >= 4 is 11.0 Å². The number of hydrogen-bond acceptors (Lipinski definition) is 5. The molecule has 8 heteroatoms. The topological polar surface area (TPSA) is 62.9 Å². The molecule has 0 amide bonds. The maximum absolute atomic E-state index is 13.8. The minimum atomic E-state index is -5.00.